The van der Waals surface area contributed by atoms with E-state index in [0.717, 1.165) is 11.3 Å². The molecule has 9 heteroatoms. The molecular weight excluding hydrogens is 432 g/mol. The lowest BCUT2D eigenvalue weighted by molar-refractivity contribution is -0.115. The molecule has 2 aromatic carbocycles. The maximum Gasteiger partial charge on any atom is 0.225 e. The summed E-state index contributed by atoms with van der Waals surface area (Å²) in [4.78, 5) is 12.4. The van der Waals surface area contributed by atoms with Crippen LogP contribution in [0.1, 0.15) is 24.6 Å². The van der Waals surface area contributed by atoms with Crippen molar-refractivity contribution in [1.29, 1.82) is 0 Å². The van der Waals surface area contributed by atoms with Crippen LogP contribution in [0, 0.1) is 13.8 Å². The smallest absolute Gasteiger partial charge is 0.225 e. The molecule has 32 heavy (non-hydrogen) atoms. The van der Waals surface area contributed by atoms with E-state index in [-0.39, 0.29) is 22.8 Å². The minimum atomic E-state index is -3.83. The minimum absolute atomic E-state index is 0.00605. The van der Waals surface area contributed by atoms with Crippen LogP contribution in [0.4, 0.5) is 5.69 Å². The second-order valence-electron chi connectivity index (χ2n) is 7.13. The van der Waals surface area contributed by atoms with Gasteiger partial charge in [0, 0.05) is 17.5 Å². The number of carbonyl (C=O) groups excluding carboxylic acids is 1. The molecule has 0 aliphatic rings. The zero-order valence-corrected chi connectivity index (χ0v) is 19.3. The molecule has 0 saturated carbocycles. The molecule has 170 valence electrons. The zero-order valence-electron chi connectivity index (χ0n) is 18.5. The summed E-state index contributed by atoms with van der Waals surface area (Å²) in [7, 11) is -2.43. The number of aryl methyl sites for hydroxylation is 1. The molecule has 8 nitrogen and oxygen atoms in total. The average Bonchev–Trinajstić information content (AvgIpc) is 3.12. The second kappa shape index (κ2) is 9.86. The van der Waals surface area contributed by atoms with E-state index < -0.39 is 15.7 Å². The summed E-state index contributed by atoms with van der Waals surface area (Å²) in [6, 6.07) is 11.8. The maximum atomic E-state index is 13.1. The first-order chi connectivity index (χ1) is 15.3. The molecule has 0 aliphatic heterocycles. The molecule has 1 amide bonds. The van der Waals surface area contributed by atoms with Crippen molar-refractivity contribution < 1.29 is 27.2 Å². The van der Waals surface area contributed by atoms with E-state index in [1.54, 1.807) is 36.4 Å². The van der Waals surface area contributed by atoms with E-state index in [0.29, 0.717) is 29.4 Å². The number of nitrogens with one attached hydrogen (secondary N) is 1. The molecule has 0 fully saturated rings. The van der Waals surface area contributed by atoms with Crippen molar-refractivity contribution in [1.82, 2.24) is 5.16 Å². The summed E-state index contributed by atoms with van der Waals surface area (Å²) in [6.07, 6.45) is -0.226. The lowest BCUT2D eigenvalue weighted by Crippen LogP contribution is -2.18. The monoisotopic (exact) mass is 458 g/mol. The third-order valence-corrected chi connectivity index (χ3v) is 6.71. The Balaban J connectivity index is 1.80. The van der Waals surface area contributed by atoms with Gasteiger partial charge < -0.3 is 19.3 Å². The van der Waals surface area contributed by atoms with Crippen LogP contribution in [0.3, 0.4) is 0 Å². The number of hydrogen-bond donors (Lipinski definition) is 1. The number of amides is 1. The van der Waals surface area contributed by atoms with Gasteiger partial charge in [-0.05, 0) is 51.1 Å². The Morgan fingerprint density at radius 3 is 2.53 bits per heavy atom. The van der Waals surface area contributed by atoms with Crippen molar-refractivity contribution in [2.75, 3.05) is 24.8 Å². The maximum absolute atomic E-state index is 13.1. The van der Waals surface area contributed by atoms with E-state index in [1.807, 2.05) is 20.8 Å². The summed E-state index contributed by atoms with van der Waals surface area (Å²) >= 11 is 0. The van der Waals surface area contributed by atoms with Crippen LogP contribution in [-0.2, 0) is 14.6 Å². The van der Waals surface area contributed by atoms with Crippen LogP contribution < -0.4 is 14.8 Å². The van der Waals surface area contributed by atoms with Gasteiger partial charge in [-0.1, -0.05) is 17.3 Å². The Hall–Kier alpha value is -3.33. The van der Waals surface area contributed by atoms with Crippen molar-refractivity contribution in [3.63, 3.8) is 0 Å². The van der Waals surface area contributed by atoms with Crippen LogP contribution in [-0.4, -0.2) is 39.0 Å². The number of hydrogen-bond acceptors (Lipinski definition) is 7. The molecule has 0 bridgehead atoms. The number of sulfone groups is 1. The number of para-hydroxylation sites is 2. The lowest BCUT2D eigenvalue weighted by atomic mass is 10.1. The van der Waals surface area contributed by atoms with Gasteiger partial charge in [-0.2, -0.15) is 0 Å². The third-order valence-electron chi connectivity index (χ3n) is 4.98. The Labute approximate surface area is 187 Å². The number of anilines is 1. The third kappa shape index (κ3) is 5.11. The van der Waals surface area contributed by atoms with Crippen LogP contribution in [0.15, 0.2) is 51.9 Å². The van der Waals surface area contributed by atoms with Gasteiger partial charge in [0.25, 0.3) is 0 Å². The Morgan fingerprint density at radius 2 is 1.88 bits per heavy atom. The lowest BCUT2D eigenvalue weighted by Gasteiger charge is -2.13. The highest BCUT2D eigenvalue weighted by Crippen LogP contribution is 2.33. The van der Waals surface area contributed by atoms with Crippen LogP contribution in [0.2, 0.25) is 0 Å². The van der Waals surface area contributed by atoms with Gasteiger partial charge in [0.05, 0.1) is 30.9 Å². The summed E-state index contributed by atoms with van der Waals surface area (Å²) < 4.78 is 42.3. The van der Waals surface area contributed by atoms with E-state index in [9.17, 15) is 13.2 Å². The highest BCUT2D eigenvalue weighted by Gasteiger charge is 2.23. The number of nitrogens with zero attached hydrogens (tertiary/aromatic N) is 1. The molecule has 3 aromatic rings. The summed E-state index contributed by atoms with van der Waals surface area (Å²) in [6.45, 7) is 5.95. The average molecular weight is 459 g/mol. The van der Waals surface area contributed by atoms with Crippen molar-refractivity contribution in [2.24, 2.45) is 0 Å². The predicted molar refractivity (Wildman–Crippen MR) is 121 cm³/mol. The number of carbonyl (C=O) groups is 1. The summed E-state index contributed by atoms with van der Waals surface area (Å²) in [5, 5.41) is 6.64. The molecule has 3 rings (SSSR count). The zero-order chi connectivity index (χ0) is 23.3. The van der Waals surface area contributed by atoms with Gasteiger partial charge in [0.15, 0.2) is 15.6 Å². The van der Waals surface area contributed by atoms with E-state index >= 15 is 0 Å². The van der Waals surface area contributed by atoms with Crippen LogP contribution in [0.5, 0.6) is 11.5 Å². The highest BCUT2D eigenvalue weighted by atomic mass is 32.2. The SMILES string of the molecule is CCOc1ccccc1NC(=O)CCS(=O)(=O)c1cc(-c2onc(C)c2C)ccc1OC. The molecule has 1 heterocycles. The summed E-state index contributed by atoms with van der Waals surface area (Å²) in [5.74, 6) is 0.400. The molecule has 0 atom stereocenters. The minimum Gasteiger partial charge on any atom is -0.495 e. The van der Waals surface area contributed by atoms with E-state index in [4.69, 9.17) is 14.0 Å². The Bertz CT molecular complexity index is 1220. The van der Waals surface area contributed by atoms with E-state index in [1.165, 1.54) is 13.2 Å². The molecule has 0 aliphatic carbocycles. The largest absolute Gasteiger partial charge is 0.495 e. The normalized spacial score (nSPS) is 11.2. The van der Waals surface area contributed by atoms with Crippen LogP contribution in [0.25, 0.3) is 11.3 Å². The van der Waals surface area contributed by atoms with Crippen LogP contribution >= 0.6 is 0 Å². The molecular formula is C23H26N2O6S. The number of rotatable bonds is 9. The fraction of sp³-hybridized carbons (Fsp3) is 0.304. The van der Waals surface area contributed by atoms with Gasteiger partial charge in [-0.25, -0.2) is 8.42 Å². The van der Waals surface area contributed by atoms with Gasteiger partial charge in [-0.3, -0.25) is 4.79 Å². The molecule has 0 unspecified atom stereocenters. The Kier molecular flexibility index (Phi) is 7.19. The first-order valence-electron chi connectivity index (χ1n) is 10.1. The standard InChI is InChI=1S/C23H26N2O6S/c1-5-30-19-9-7-6-8-18(19)24-22(26)12-13-32(27,28)21-14-17(10-11-20(21)29-4)23-15(2)16(3)25-31-23/h6-11,14H,5,12-13H2,1-4H3,(H,24,26). The molecule has 1 aromatic heterocycles. The van der Waals surface area contributed by atoms with Gasteiger partial charge in [0.1, 0.15) is 16.4 Å². The van der Waals surface area contributed by atoms with Gasteiger partial charge in [0.2, 0.25) is 5.91 Å². The Morgan fingerprint density at radius 1 is 1.12 bits per heavy atom. The topological polar surface area (TPSA) is 108 Å². The van der Waals surface area contributed by atoms with Crippen molar-refractivity contribution >= 4 is 21.4 Å². The number of benzene rings is 2. The van der Waals surface area contributed by atoms with Gasteiger partial charge >= 0.3 is 0 Å². The predicted octanol–water partition coefficient (Wildman–Crippen LogP) is 4.17. The number of aromatic nitrogens is 1. The molecule has 0 radical (unpaired) electrons. The fourth-order valence-corrected chi connectivity index (χ4v) is 4.59. The molecule has 0 saturated heterocycles. The first-order valence-corrected chi connectivity index (χ1v) is 11.8. The van der Waals surface area contributed by atoms with Crippen molar-refractivity contribution in [3.05, 3.63) is 53.7 Å². The highest BCUT2D eigenvalue weighted by molar-refractivity contribution is 7.91. The summed E-state index contributed by atoms with van der Waals surface area (Å²) in [5.41, 5.74) is 2.61. The fourth-order valence-electron chi connectivity index (χ4n) is 3.15. The van der Waals surface area contributed by atoms with E-state index in [2.05, 4.69) is 10.5 Å². The molecule has 1 N–H and O–H groups in total. The quantitative estimate of drug-likeness (QED) is 0.513. The second-order valence-corrected chi connectivity index (χ2v) is 9.21. The first kappa shape index (κ1) is 23.3. The van der Waals surface area contributed by atoms with Crippen molar-refractivity contribution in [3.8, 4) is 22.8 Å². The molecule has 0 spiro atoms. The number of methoxy groups -OCH3 is 1. The van der Waals surface area contributed by atoms with Crippen molar-refractivity contribution in [2.45, 2.75) is 32.1 Å². The van der Waals surface area contributed by atoms with Gasteiger partial charge in [-0.15, -0.1) is 0 Å². The number of ether oxygens (including phenoxy) is 2.